The Labute approximate surface area is 459 Å². The van der Waals surface area contributed by atoms with E-state index >= 15 is 0 Å². The summed E-state index contributed by atoms with van der Waals surface area (Å²) in [7, 11) is 1.39. The van der Waals surface area contributed by atoms with Gasteiger partial charge in [-0.2, -0.15) is 0 Å². The van der Waals surface area contributed by atoms with E-state index in [9.17, 15) is 53.1 Å². The van der Waals surface area contributed by atoms with Crippen molar-refractivity contribution < 1.29 is 76.1 Å². The van der Waals surface area contributed by atoms with E-state index in [0.717, 1.165) is 12.2 Å². The molecule has 2 atom stereocenters. The highest BCUT2D eigenvalue weighted by Gasteiger charge is 2.31. The molecule has 1 aliphatic heterocycles. The molecule has 0 aliphatic carbocycles. The van der Waals surface area contributed by atoms with Gasteiger partial charge >= 0.3 is 11.9 Å². The van der Waals surface area contributed by atoms with Crippen LogP contribution < -0.4 is 42.2 Å². The summed E-state index contributed by atoms with van der Waals surface area (Å²) in [6.07, 6.45) is 5.20. The van der Waals surface area contributed by atoms with Gasteiger partial charge in [0.2, 0.25) is 47.0 Å². The first-order valence-corrected chi connectivity index (χ1v) is 25.2. The fourth-order valence-corrected chi connectivity index (χ4v) is 8.43. The van der Waals surface area contributed by atoms with E-state index in [1.807, 2.05) is 6.92 Å². The Kier molecular flexibility index (Phi) is 18.4. The molecule has 0 bridgehead atoms. The number of imide groups is 1. The number of aryl methyl sites for hydroxylation is 4. The van der Waals surface area contributed by atoms with Crippen LogP contribution in [0.3, 0.4) is 0 Å². The third-order valence-corrected chi connectivity index (χ3v) is 12.3. The van der Waals surface area contributed by atoms with Crippen molar-refractivity contribution in [3.8, 4) is 11.5 Å². The van der Waals surface area contributed by atoms with E-state index in [4.69, 9.17) is 34.5 Å². The van der Waals surface area contributed by atoms with E-state index in [2.05, 4.69) is 41.2 Å². The number of oxazole rings is 2. The molecule has 29 heteroatoms. The Bertz CT molecular complexity index is 3550. The molecule has 1 aliphatic rings. The maximum atomic E-state index is 13.9. The lowest BCUT2D eigenvalue weighted by atomic mass is 10.1. The SMILES string of the molecule is CCc1nc(C)oc1C(=O)Nc1nc2cc(C(N)=O)cc(OC)c2n1C/C=C/Cn1c(NC(=O)c2oc(C)nc2CC)nc2cc(C(N)=O)cc(OCCCOC(=O)[C@H](C)NC(=O)[C@@H](CCC(=O)O)NC(=O)CN3C(=O)C=CC3=O)c21. The first kappa shape index (κ1) is 58.5. The monoisotopic (exact) mass is 1120 g/mol. The number of carbonyl (C=O) groups is 10. The Balaban J connectivity index is 1.12. The molecule has 0 spiro atoms. The van der Waals surface area contributed by atoms with Crippen molar-refractivity contribution >= 4 is 93.2 Å². The van der Waals surface area contributed by atoms with Crippen LogP contribution in [0.2, 0.25) is 0 Å². The summed E-state index contributed by atoms with van der Waals surface area (Å²) in [5.74, 6) is -7.72. The molecule has 9 N–H and O–H groups in total. The van der Waals surface area contributed by atoms with Crippen molar-refractivity contribution in [2.45, 2.75) is 91.9 Å². The van der Waals surface area contributed by atoms with Crippen molar-refractivity contribution in [3.63, 3.8) is 0 Å². The van der Waals surface area contributed by atoms with E-state index in [1.165, 1.54) is 38.3 Å². The second-order valence-corrected chi connectivity index (χ2v) is 18.1. The van der Waals surface area contributed by atoms with Crippen LogP contribution in [-0.2, 0) is 59.4 Å². The highest BCUT2D eigenvalue weighted by molar-refractivity contribution is 6.14. The number of rotatable bonds is 27. The van der Waals surface area contributed by atoms with Crippen LogP contribution in [0.4, 0.5) is 11.9 Å². The van der Waals surface area contributed by atoms with E-state index in [-0.39, 0.29) is 107 Å². The molecule has 426 valence electrons. The molecule has 7 rings (SSSR count). The predicted octanol–water partition coefficient (Wildman–Crippen LogP) is 2.16. The quantitative estimate of drug-likeness (QED) is 0.0168. The number of allylic oxidation sites excluding steroid dienone is 2. The van der Waals surface area contributed by atoms with Crippen molar-refractivity contribution in [3.05, 3.63) is 94.4 Å². The average Bonchev–Trinajstić information content (AvgIpc) is 4.36. The van der Waals surface area contributed by atoms with Gasteiger partial charge in [-0.3, -0.25) is 58.7 Å². The van der Waals surface area contributed by atoms with Crippen molar-refractivity contribution in [1.82, 2.24) is 44.6 Å². The van der Waals surface area contributed by atoms with Gasteiger partial charge in [0, 0.05) is 63.1 Å². The van der Waals surface area contributed by atoms with Gasteiger partial charge in [0.25, 0.3) is 23.6 Å². The number of benzene rings is 2. The molecule has 4 aromatic heterocycles. The summed E-state index contributed by atoms with van der Waals surface area (Å²) in [6.45, 7) is 6.93. The third kappa shape index (κ3) is 13.7. The molecule has 81 heavy (non-hydrogen) atoms. The van der Waals surface area contributed by atoms with Gasteiger partial charge in [-0.25, -0.2) is 24.7 Å². The van der Waals surface area contributed by atoms with Gasteiger partial charge in [-0.15, -0.1) is 0 Å². The Hall–Kier alpha value is -10.2. The van der Waals surface area contributed by atoms with E-state index < -0.39 is 90.7 Å². The van der Waals surface area contributed by atoms with Crippen LogP contribution in [0.5, 0.6) is 11.5 Å². The van der Waals surface area contributed by atoms with Crippen LogP contribution in [0, 0.1) is 13.8 Å². The van der Waals surface area contributed by atoms with E-state index in [0.29, 0.717) is 34.6 Å². The Morgan fingerprint density at radius 3 is 1.72 bits per heavy atom. The molecule has 0 saturated heterocycles. The van der Waals surface area contributed by atoms with Gasteiger partial charge in [0.05, 0.1) is 42.7 Å². The molecule has 8 amide bonds. The molecular weight excluding hydrogens is 1060 g/mol. The lowest BCUT2D eigenvalue weighted by Gasteiger charge is -2.21. The van der Waals surface area contributed by atoms with Crippen LogP contribution >= 0.6 is 0 Å². The predicted molar refractivity (Wildman–Crippen MR) is 283 cm³/mol. The number of nitrogens with one attached hydrogen (secondary N) is 4. The van der Waals surface area contributed by atoms with Gasteiger partial charge < -0.3 is 59.4 Å². The zero-order valence-corrected chi connectivity index (χ0v) is 44.7. The molecule has 29 nitrogen and oxygen atoms in total. The number of anilines is 2. The van der Waals surface area contributed by atoms with Crippen molar-refractivity contribution in [2.24, 2.45) is 11.5 Å². The number of carboxylic acid groups (broad SMARTS) is 1. The van der Waals surface area contributed by atoms with Crippen molar-refractivity contribution in [1.29, 1.82) is 0 Å². The number of methoxy groups -OCH3 is 1. The molecule has 2 aromatic carbocycles. The molecule has 0 unspecified atom stereocenters. The molecule has 0 radical (unpaired) electrons. The van der Waals surface area contributed by atoms with E-state index in [1.54, 1.807) is 42.1 Å². The zero-order valence-electron chi connectivity index (χ0n) is 44.7. The summed E-state index contributed by atoms with van der Waals surface area (Å²) in [4.78, 5) is 145. The van der Waals surface area contributed by atoms with Gasteiger partial charge in [0.1, 0.15) is 41.2 Å². The second kappa shape index (κ2) is 25.5. The molecular formula is C52H57N13O16. The topological polar surface area (TPSA) is 410 Å². The number of fused-ring (bicyclic) bond motifs is 2. The highest BCUT2D eigenvalue weighted by Crippen LogP contribution is 2.33. The normalized spacial score (nSPS) is 12.9. The first-order valence-electron chi connectivity index (χ1n) is 25.2. The maximum Gasteiger partial charge on any atom is 0.328 e. The van der Waals surface area contributed by atoms with Gasteiger partial charge in [-0.1, -0.05) is 26.0 Å². The van der Waals surface area contributed by atoms with Gasteiger partial charge in [-0.05, 0) is 50.5 Å². The number of esters is 1. The van der Waals surface area contributed by atoms with Crippen LogP contribution in [0.15, 0.2) is 57.4 Å². The van der Waals surface area contributed by atoms with Gasteiger partial charge in [0.15, 0.2) is 11.8 Å². The fourth-order valence-electron chi connectivity index (χ4n) is 8.43. The second-order valence-electron chi connectivity index (χ2n) is 18.1. The summed E-state index contributed by atoms with van der Waals surface area (Å²) < 4.78 is 31.7. The number of hydrogen-bond acceptors (Lipinski definition) is 19. The number of primary amides is 2. The number of nitrogens with zero attached hydrogens (tertiary/aromatic N) is 7. The fraction of sp³-hybridized carbons (Fsp3) is 0.346. The number of hydrogen-bond donors (Lipinski definition) is 7. The number of aliphatic carboxylic acids is 1. The number of carbonyl (C=O) groups excluding carboxylic acids is 9. The molecule has 0 saturated carbocycles. The average molecular weight is 1120 g/mol. The summed E-state index contributed by atoms with van der Waals surface area (Å²) in [5.41, 5.74) is 13.3. The summed E-state index contributed by atoms with van der Waals surface area (Å²) in [5, 5.41) is 19.5. The van der Waals surface area contributed by atoms with Crippen LogP contribution in [0.25, 0.3) is 22.1 Å². The number of aromatic nitrogens is 6. The molecule has 5 heterocycles. The Morgan fingerprint density at radius 2 is 1.23 bits per heavy atom. The van der Waals surface area contributed by atoms with Crippen LogP contribution in [0.1, 0.15) is 105 Å². The molecule has 6 aromatic rings. The van der Waals surface area contributed by atoms with Crippen molar-refractivity contribution in [2.75, 3.05) is 37.5 Å². The highest BCUT2D eigenvalue weighted by atomic mass is 16.5. The minimum absolute atomic E-state index is 0.0138. The van der Waals surface area contributed by atoms with Crippen LogP contribution in [-0.4, -0.2) is 137 Å². The smallest absolute Gasteiger partial charge is 0.328 e. The third-order valence-electron chi connectivity index (χ3n) is 12.3. The maximum absolute atomic E-state index is 13.9. The summed E-state index contributed by atoms with van der Waals surface area (Å²) in [6, 6.07) is 2.88. The zero-order chi connectivity index (χ0) is 58.8. The molecule has 0 fully saturated rings. The minimum Gasteiger partial charge on any atom is -0.494 e. The number of carboxylic acids is 1. The number of imidazole rings is 2. The standard InChI is InChI=1S/C52H57N13O16/c1-7-30-43(80-26(4)56-30)48(74)61-51-59-33-20-28(45(53)71)22-35(77-6)41(33)63(51)16-9-10-17-64-42-34(60-52(64)62-49(75)44-31(8-2)57-27(5)81-44)21-29(46(54)72)23-36(42)78-18-11-19-79-50(76)25(3)55-47(73)32(12-15-40(69)70)58-37(66)24-65-38(67)13-14-39(65)68/h9-10,13-14,20-23,25,32H,7-8,11-12,15-19,24H2,1-6H3,(H2,53,71)(H2,54,72)(H,55,73)(H,58,66)(H,69,70)(H,59,61,74)(H,60,62,75)/b10-9+/t25-,32+/m0/s1. The summed E-state index contributed by atoms with van der Waals surface area (Å²) >= 11 is 0. The lowest BCUT2D eigenvalue weighted by Crippen LogP contribution is -2.53. The first-order chi connectivity index (χ1) is 38.6. The lowest BCUT2D eigenvalue weighted by molar-refractivity contribution is -0.148. The number of amides is 8. The minimum atomic E-state index is -1.47. The number of nitrogens with two attached hydrogens (primary N) is 2. The Morgan fingerprint density at radius 1 is 0.728 bits per heavy atom. The largest absolute Gasteiger partial charge is 0.494 e. The number of ether oxygens (including phenoxy) is 3.